The maximum atomic E-state index is 12.6. The van der Waals surface area contributed by atoms with E-state index in [1.54, 1.807) is 19.2 Å². The average molecular weight is 333 g/mol. The predicted octanol–water partition coefficient (Wildman–Crippen LogP) is 3.26. The van der Waals surface area contributed by atoms with Gasteiger partial charge in [0, 0.05) is 26.2 Å². The molecule has 0 aromatic heterocycles. The number of rotatable bonds is 8. The summed E-state index contributed by atoms with van der Waals surface area (Å²) in [5, 5.41) is 3.54. The molecule has 0 saturated carbocycles. The third-order valence-corrected chi connectivity index (χ3v) is 5.56. The zero-order valence-corrected chi connectivity index (χ0v) is 14.8. The Morgan fingerprint density at radius 3 is 2.57 bits per heavy atom. The van der Waals surface area contributed by atoms with Gasteiger partial charge in [0.15, 0.2) is 0 Å². The fourth-order valence-corrected chi connectivity index (χ4v) is 3.58. The van der Waals surface area contributed by atoms with Crippen LogP contribution in [0.1, 0.15) is 39.2 Å². The van der Waals surface area contributed by atoms with Crippen LogP contribution in [0.15, 0.2) is 23.1 Å². The van der Waals surface area contributed by atoms with E-state index in [-0.39, 0.29) is 9.92 Å². The van der Waals surface area contributed by atoms with Gasteiger partial charge in [-0.15, -0.1) is 0 Å². The van der Waals surface area contributed by atoms with Gasteiger partial charge in [-0.25, -0.2) is 12.7 Å². The van der Waals surface area contributed by atoms with E-state index in [1.807, 2.05) is 26.8 Å². The van der Waals surface area contributed by atoms with Gasteiger partial charge in [-0.05, 0) is 24.1 Å². The Morgan fingerprint density at radius 2 is 2.00 bits per heavy atom. The standard InChI is InChI=1S/C15H25ClN2O2S/c1-5-6-9-18(4)21(19,20)15-10-13(7-8-14(15)16)11-17-12(2)3/h7-8,10,12,17H,5-6,9,11H2,1-4H3. The van der Waals surface area contributed by atoms with Gasteiger partial charge in [-0.2, -0.15) is 0 Å². The van der Waals surface area contributed by atoms with Crippen LogP contribution in [0, 0.1) is 0 Å². The van der Waals surface area contributed by atoms with Gasteiger partial charge in [0.1, 0.15) is 4.90 Å². The largest absolute Gasteiger partial charge is 0.310 e. The molecule has 6 heteroatoms. The molecule has 0 aliphatic rings. The van der Waals surface area contributed by atoms with E-state index in [0.717, 1.165) is 18.4 Å². The summed E-state index contributed by atoms with van der Waals surface area (Å²) in [5.74, 6) is 0. The lowest BCUT2D eigenvalue weighted by Crippen LogP contribution is -2.28. The molecule has 0 fully saturated rings. The predicted molar refractivity (Wildman–Crippen MR) is 88.2 cm³/mol. The smallest absolute Gasteiger partial charge is 0.244 e. The monoisotopic (exact) mass is 332 g/mol. The first-order valence-electron chi connectivity index (χ1n) is 7.27. The number of sulfonamides is 1. The molecule has 120 valence electrons. The Morgan fingerprint density at radius 1 is 1.33 bits per heavy atom. The molecule has 0 atom stereocenters. The number of halogens is 1. The van der Waals surface area contributed by atoms with Gasteiger partial charge >= 0.3 is 0 Å². The Bertz CT molecular complexity index is 559. The quantitative estimate of drug-likeness (QED) is 0.795. The summed E-state index contributed by atoms with van der Waals surface area (Å²) in [6.45, 7) is 7.25. The highest BCUT2D eigenvalue weighted by molar-refractivity contribution is 7.89. The summed E-state index contributed by atoms with van der Waals surface area (Å²) >= 11 is 6.10. The molecule has 21 heavy (non-hydrogen) atoms. The van der Waals surface area contributed by atoms with Crippen molar-refractivity contribution in [2.75, 3.05) is 13.6 Å². The van der Waals surface area contributed by atoms with E-state index < -0.39 is 10.0 Å². The molecule has 0 spiro atoms. The fraction of sp³-hybridized carbons (Fsp3) is 0.600. The lowest BCUT2D eigenvalue weighted by atomic mass is 10.2. The minimum absolute atomic E-state index is 0.186. The van der Waals surface area contributed by atoms with Crippen LogP contribution in [0.5, 0.6) is 0 Å². The molecule has 0 radical (unpaired) electrons. The van der Waals surface area contributed by atoms with Crippen LogP contribution < -0.4 is 5.32 Å². The van der Waals surface area contributed by atoms with Crippen LogP contribution in [-0.4, -0.2) is 32.4 Å². The van der Waals surface area contributed by atoms with Gasteiger partial charge in [-0.1, -0.05) is 44.9 Å². The highest BCUT2D eigenvalue weighted by atomic mass is 35.5. The Kier molecular flexibility index (Phi) is 7.13. The molecule has 0 unspecified atom stereocenters. The zero-order chi connectivity index (χ0) is 16.0. The highest BCUT2D eigenvalue weighted by Crippen LogP contribution is 2.25. The maximum Gasteiger partial charge on any atom is 0.244 e. The van der Waals surface area contributed by atoms with Crippen LogP contribution in [0.3, 0.4) is 0 Å². The number of nitrogens with zero attached hydrogens (tertiary/aromatic N) is 1. The average Bonchev–Trinajstić information content (AvgIpc) is 2.43. The van der Waals surface area contributed by atoms with Crippen molar-refractivity contribution in [3.05, 3.63) is 28.8 Å². The second-order valence-electron chi connectivity index (χ2n) is 5.48. The van der Waals surface area contributed by atoms with Crippen molar-refractivity contribution < 1.29 is 8.42 Å². The van der Waals surface area contributed by atoms with Gasteiger partial charge < -0.3 is 5.32 Å². The van der Waals surface area contributed by atoms with E-state index in [1.165, 1.54) is 4.31 Å². The Labute approximate surface area is 133 Å². The summed E-state index contributed by atoms with van der Waals surface area (Å²) in [7, 11) is -1.93. The topological polar surface area (TPSA) is 49.4 Å². The lowest BCUT2D eigenvalue weighted by Gasteiger charge is -2.18. The lowest BCUT2D eigenvalue weighted by molar-refractivity contribution is 0.459. The fourth-order valence-electron chi connectivity index (χ4n) is 1.85. The molecule has 0 amide bonds. The molecular weight excluding hydrogens is 308 g/mol. The van der Waals surface area contributed by atoms with Crippen molar-refractivity contribution in [3.8, 4) is 0 Å². The van der Waals surface area contributed by atoms with Crippen molar-refractivity contribution in [2.45, 2.75) is 51.1 Å². The second-order valence-corrected chi connectivity index (χ2v) is 7.90. The van der Waals surface area contributed by atoms with E-state index in [2.05, 4.69) is 5.32 Å². The number of hydrogen-bond acceptors (Lipinski definition) is 3. The molecule has 0 bridgehead atoms. The third kappa shape index (κ3) is 5.25. The molecule has 1 N–H and O–H groups in total. The highest BCUT2D eigenvalue weighted by Gasteiger charge is 2.23. The minimum Gasteiger partial charge on any atom is -0.310 e. The minimum atomic E-state index is -3.53. The van der Waals surface area contributed by atoms with E-state index in [0.29, 0.717) is 19.1 Å². The summed E-state index contributed by atoms with van der Waals surface area (Å²) in [4.78, 5) is 0.186. The van der Waals surface area contributed by atoms with Gasteiger partial charge in [0.25, 0.3) is 0 Å². The maximum absolute atomic E-state index is 12.6. The van der Waals surface area contributed by atoms with Gasteiger partial charge in [0.2, 0.25) is 10.0 Å². The molecule has 1 aromatic carbocycles. The molecular formula is C15H25ClN2O2S. The van der Waals surface area contributed by atoms with Gasteiger partial charge in [-0.3, -0.25) is 0 Å². The molecule has 1 aromatic rings. The van der Waals surface area contributed by atoms with Crippen molar-refractivity contribution in [1.82, 2.24) is 9.62 Å². The first-order valence-corrected chi connectivity index (χ1v) is 9.09. The normalized spacial score (nSPS) is 12.3. The molecule has 0 aliphatic heterocycles. The molecule has 0 saturated heterocycles. The third-order valence-electron chi connectivity index (χ3n) is 3.22. The van der Waals surface area contributed by atoms with Crippen LogP contribution in [0.2, 0.25) is 5.02 Å². The first-order chi connectivity index (χ1) is 9.78. The SMILES string of the molecule is CCCCN(C)S(=O)(=O)c1cc(CNC(C)C)ccc1Cl. The molecule has 1 rings (SSSR count). The van der Waals surface area contributed by atoms with Crippen molar-refractivity contribution in [2.24, 2.45) is 0 Å². The van der Waals surface area contributed by atoms with Crippen LogP contribution in [0.25, 0.3) is 0 Å². The van der Waals surface area contributed by atoms with E-state index in [9.17, 15) is 8.42 Å². The van der Waals surface area contributed by atoms with E-state index in [4.69, 9.17) is 11.6 Å². The summed E-state index contributed by atoms with van der Waals surface area (Å²) in [6.07, 6.45) is 1.79. The van der Waals surface area contributed by atoms with Crippen LogP contribution in [-0.2, 0) is 16.6 Å². The number of benzene rings is 1. The van der Waals surface area contributed by atoms with Crippen LogP contribution >= 0.6 is 11.6 Å². The molecule has 0 heterocycles. The second kappa shape index (κ2) is 8.13. The molecule has 4 nitrogen and oxygen atoms in total. The Balaban J connectivity index is 3.02. The zero-order valence-electron chi connectivity index (χ0n) is 13.2. The number of nitrogens with one attached hydrogen (secondary N) is 1. The van der Waals surface area contributed by atoms with Crippen molar-refractivity contribution in [3.63, 3.8) is 0 Å². The number of hydrogen-bond donors (Lipinski definition) is 1. The van der Waals surface area contributed by atoms with Crippen LogP contribution in [0.4, 0.5) is 0 Å². The number of unbranched alkanes of at least 4 members (excludes halogenated alkanes) is 1. The van der Waals surface area contributed by atoms with E-state index >= 15 is 0 Å². The van der Waals surface area contributed by atoms with Crippen molar-refractivity contribution >= 4 is 21.6 Å². The summed E-state index contributed by atoms with van der Waals surface area (Å²) in [6, 6.07) is 5.51. The molecule has 0 aliphatic carbocycles. The Hall–Kier alpha value is -0.620. The first kappa shape index (κ1) is 18.4. The van der Waals surface area contributed by atoms with Crippen molar-refractivity contribution in [1.29, 1.82) is 0 Å². The summed E-state index contributed by atoms with van der Waals surface area (Å²) in [5.41, 5.74) is 0.913. The van der Waals surface area contributed by atoms with Gasteiger partial charge in [0.05, 0.1) is 5.02 Å². The summed E-state index contributed by atoms with van der Waals surface area (Å²) < 4.78 is 26.5.